The van der Waals surface area contributed by atoms with Crippen molar-refractivity contribution in [2.75, 3.05) is 24.7 Å². The first kappa shape index (κ1) is 14.0. The summed E-state index contributed by atoms with van der Waals surface area (Å²) in [6, 6.07) is 0. The van der Waals surface area contributed by atoms with Crippen molar-refractivity contribution in [3.05, 3.63) is 5.82 Å². The molecule has 0 amide bonds. The first-order chi connectivity index (χ1) is 10.0. The number of hydrogen-bond donors (Lipinski definition) is 1. The van der Waals surface area contributed by atoms with E-state index in [2.05, 4.69) is 15.0 Å². The summed E-state index contributed by atoms with van der Waals surface area (Å²) >= 11 is 0. The summed E-state index contributed by atoms with van der Waals surface area (Å²) in [5, 5.41) is 0. The Bertz CT molecular complexity index is 548. The molecule has 3 atom stereocenters. The maximum atomic E-state index is 12.2. The molecule has 3 rings (SSSR count). The zero-order valence-electron chi connectivity index (χ0n) is 12.5. The van der Waals surface area contributed by atoms with Crippen LogP contribution in [-0.4, -0.2) is 35.0 Å². The van der Waals surface area contributed by atoms with Crippen molar-refractivity contribution in [3.63, 3.8) is 0 Å². The predicted octanol–water partition coefficient (Wildman–Crippen LogP) is 0.999. The number of esters is 1. The number of carbonyl (C=O) groups excluding carboxylic acids is 1. The van der Waals surface area contributed by atoms with Crippen LogP contribution in [0.1, 0.15) is 31.5 Å². The minimum Gasteiger partial charge on any atom is -0.457 e. The van der Waals surface area contributed by atoms with Crippen LogP contribution < -0.4 is 10.6 Å². The lowest BCUT2D eigenvalue weighted by molar-refractivity contribution is -0.152. The van der Waals surface area contributed by atoms with E-state index in [-0.39, 0.29) is 24.4 Å². The van der Waals surface area contributed by atoms with E-state index in [4.69, 9.17) is 10.5 Å². The van der Waals surface area contributed by atoms with Crippen LogP contribution in [0.15, 0.2) is 0 Å². The molecule has 0 saturated heterocycles. The lowest BCUT2D eigenvalue weighted by atomic mass is 9.89. The van der Waals surface area contributed by atoms with E-state index < -0.39 is 0 Å². The monoisotopic (exact) mass is 291 g/mol. The van der Waals surface area contributed by atoms with Gasteiger partial charge in [0.1, 0.15) is 0 Å². The smallest absolute Gasteiger partial charge is 0.309 e. The Kier molecular flexibility index (Phi) is 3.65. The van der Waals surface area contributed by atoms with Crippen LogP contribution in [0, 0.1) is 17.8 Å². The van der Waals surface area contributed by atoms with Crippen molar-refractivity contribution >= 4 is 17.9 Å². The van der Waals surface area contributed by atoms with Crippen LogP contribution in [0.5, 0.6) is 0 Å². The number of carbonyl (C=O) groups is 1. The van der Waals surface area contributed by atoms with Crippen molar-refractivity contribution < 1.29 is 9.53 Å². The Morgan fingerprint density at radius 2 is 2.10 bits per heavy atom. The molecule has 1 aromatic rings. The fraction of sp³-hybridized carbons (Fsp3) is 0.714. The number of nitrogens with two attached hydrogens (primary N) is 1. The lowest BCUT2D eigenvalue weighted by Gasteiger charge is -2.19. The zero-order valence-corrected chi connectivity index (χ0v) is 12.5. The van der Waals surface area contributed by atoms with Gasteiger partial charge in [-0.25, -0.2) is 0 Å². The van der Waals surface area contributed by atoms with E-state index in [1.165, 1.54) is 12.8 Å². The summed E-state index contributed by atoms with van der Waals surface area (Å²) in [7, 11) is 3.64. The number of rotatable bonds is 4. The van der Waals surface area contributed by atoms with E-state index in [0.717, 1.165) is 18.8 Å². The first-order valence-electron chi connectivity index (χ1n) is 7.37. The Morgan fingerprint density at radius 1 is 1.29 bits per heavy atom. The highest BCUT2D eigenvalue weighted by Gasteiger charge is 2.43. The van der Waals surface area contributed by atoms with Crippen LogP contribution in [-0.2, 0) is 16.1 Å². The maximum absolute atomic E-state index is 12.2. The molecule has 0 radical (unpaired) electrons. The normalized spacial score (nSPS) is 26.9. The quantitative estimate of drug-likeness (QED) is 0.827. The van der Waals surface area contributed by atoms with Gasteiger partial charge in [-0.3, -0.25) is 4.79 Å². The van der Waals surface area contributed by atoms with Gasteiger partial charge in [0.2, 0.25) is 11.9 Å². The van der Waals surface area contributed by atoms with Crippen molar-refractivity contribution in [2.24, 2.45) is 17.8 Å². The second-order valence-electron chi connectivity index (χ2n) is 6.19. The highest BCUT2D eigenvalue weighted by molar-refractivity contribution is 5.73. The topological polar surface area (TPSA) is 94.2 Å². The molecular weight excluding hydrogens is 270 g/mol. The second-order valence-corrected chi connectivity index (χ2v) is 6.19. The largest absolute Gasteiger partial charge is 0.457 e. The average molecular weight is 291 g/mol. The highest BCUT2D eigenvalue weighted by atomic mass is 16.5. The molecule has 2 fully saturated rings. The van der Waals surface area contributed by atoms with Crippen molar-refractivity contribution in [2.45, 2.75) is 32.3 Å². The summed E-state index contributed by atoms with van der Waals surface area (Å²) in [4.78, 5) is 26.2. The van der Waals surface area contributed by atoms with Crippen LogP contribution in [0.3, 0.4) is 0 Å². The third-order valence-electron chi connectivity index (χ3n) is 4.47. The number of aromatic nitrogens is 3. The highest BCUT2D eigenvalue weighted by Crippen LogP contribution is 2.48. The Morgan fingerprint density at radius 3 is 2.71 bits per heavy atom. The molecule has 21 heavy (non-hydrogen) atoms. The number of nitrogens with zero attached hydrogens (tertiary/aromatic N) is 4. The second kappa shape index (κ2) is 5.46. The summed E-state index contributed by atoms with van der Waals surface area (Å²) in [6.07, 6.45) is 4.59. The van der Waals surface area contributed by atoms with E-state index in [1.807, 2.05) is 14.1 Å². The molecule has 7 heteroatoms. The Balaban J connectivity index is 1.61. The van der Waals surface area contributed by atoms with Crippen molar-refractivity contribution in [3.8, 4) is 0 Å². The fourth-order valence-electron chi connectivity index (χ4n) is 3.47. The summed E-state index contributed by atoms with van der Waals surface area (Å²) < 4.78 is 5.39. The van der Waals surface area contributed by atoms with Gasteiger partial charge in [-0.15, -0.1) is 0 Å². The summed E-state index contributed by atoms with van der Waals surface area (Å²) in [5.74, 6) is 2.18. The number of anilines is 2. The summed E-state index contributed by atoms with van der Waals surface area (Å²) in [6.45, 7) is 0.0558. The number of nitrogen functional groups attached to an aromatic ring is 1. The van der Waals surface area contributed by atoms with Gasteiger partial charge in [-0.2, -0.15) is 15.0 Å². The van der Waals surface area contributed by atoms with E-state index in [1.54, 1.807) is 4.90 Å². The van der Waals surface area contributed by atoms with Gasteiger partial charge >= 0.3 is 5.97 Å². The van der Waals surface area contributed by atoms with Crippen molar-refractivity contribution in [1.82, 2.24) is 15.0 Å². The predicted molar refractivity (Wildman–Crippen MR) is 77.3 cm³/mol. The number of fused-ring (bicyclic) bond motifs is 2. The molecule has 2 saturated carbocycles. The molecule has 1 heterocycles. The molecular formula is C14H21N5O2. The molecule has 2 aliphatic rings. The average Bonchev–Trinajstić information content (AvgIpc) is 3.06. The van der Waals surface area contributed by atoms with Gasteiger partial charge in [-0.1, -0.05) is 6.42 Å². The molecule has 2 N–H and O–H groups in total. The van der Waals surface area contributed by atoms with Crippen LogP contribution in [0.4, 0.5) is 11.9 Å². The van der Waals surface area contributed by atoms with Crippen LogP contribution >= 0.6 is 0 Å². The van der Waals surface area contributed by atoms with Gasteiger partial charge in [0, 0.05) is 14.1 Å². The first-order valence-corrected chi connectivity index (χ1v) is 7.37. The van der Waals surface area contributed by atoms with Crippen LogP contribution in [0.2, 0.25) is 0 Å². The third-order valence-corrected chi connectivity index (χ3v) is 4.47. The molecule has 0 spiro atoms. The van der Waals surface area contributed by atoms with E-state index in [0.29, 0.717) is 17.7 Å². The Hall–Kier alpha value is -1.92. The molecule has 0 aromatic carbocycles. The lowest BCUT2D eigenvalue weighted by Crippen LogP contribution is -2.24. The molecule has 114 valence electrons. The van der Waals surface area contributed by atoms with Crippen LogP contribution in [0.25, 0.3) is 0 Å². The number of ether oxygens (including phenoxy) is 1. The molecule has 0 unspecified atom stereocenters. The number of hydrogen-bond acceptors (Lipinski definition) is 7. The molecule has 2 bridgehead atoms. The molecule has 2 aliphatic carbocycles. The maximum Gasteiger partial charge on any atom is 0.309 e. The Labute approximate surface area is 123 Å². The van der Waals surface area contributed by atoms with Gasteiger partial charge in [0.05, 0.1) is 5.92 Å². The molecule has 7 nitrogen and oxygen atoms in total. The third kappa shape index (κ3) is 2.91. The van der Waals surface area contributed by atoms with Gasteiger partial charge in [0.25, 0.3) is 0 Å². The van der Waals surface area contributed by atoms with E-state index >= 15 is 0 Å². The molecule has 1 aromatic heterocycles. The minimum absolute atomic E-state index is 0.0558. The zero-order chi connectivity index (χ0) is 15.0. The minimum atomic E-state index is -0.118. The van der Waals surface area contributed by atoms with Gasteiger partial charge in [0.15, 0.2) is 12.4 Å². The standard InChI is InChI=1S/C14H21N5O2/c1-19(2)14-17-11(16-13(15)18-14)7-21-12(20)10-6-8-3-4-9(10)5-8/h8-10H,3-7H2,1-2H3,(H2,15,16,17,18)/t8-,9-,10-/m0/s1. The van der Waals surface area contributed by atoms with Gasteiger partial charge in [-0.05, 0) is 31.1 Å². The SMILES string of the molecule is CN(C)c1nc(N)nc(COC(=O)[C@H]2C[C@H]3CC[C@H]2C3)n1. The van der Waals surface area contributed by atoms with E-state index in [9.17, 15) is 4.79 Å². The van der Waals surface area contributed by atoms with Crippen molar-refractivity contribution in [1.29, 1.82) is 0 Å². The fourth-order valence-corrected chi connectivity index (χ4v) is 3.47. The summed E-state index contributed by atoms with van der Waals surface area (Å²) in [5.41, 5.74) is 5.65. The molecule has 0 aliphatic heterocycles. The van der Waals surface area contributed by atoms with Gasteiger partial charge < -0.3 is 15.4 Å².